The number of alkyl halides is 3. The Morgan fingerprint density at radius 3 is 2.46 bits per heavy atom. The van der Waals surface area contributed by atoms with Crippen molar-refractivity contribution in [1.29, 1.82) is 0 Å². The van der Waals surface area contributed by atoms with Crippen molar-refractivity contribution in [3.05, 3.63) is 56.2 Å². The summed E-state index contributed by atoms with van der Waals surface area (Å²) in [6.45, 7) is 2.54. The highest BCUT2D eigenvalue weighted by Crippen LogP contribution is 2.29. The second-order valence-electron chi connectivity index (χ2n) is 5.68. The van der Waals surface area contributed by atoms with Crippen LogP contribution >= 0.6 is 0 Å². The SMILES string of the molecule is CCCCNc1[nH]c(=O)n(C)c(=O)c1N=Cc1ccc(C(F)(F)F)cc1. The van der Waals surface area contributed by atoms with Crippen molar-refractivity contribution in [3.8, 4) is 0 Å². The van der Waals surface area contributed by atoms with Crippen LogP contribution in [0.5, 0.6) is 0 Å². The summed E-state index contributed by atoms with van der Waals surface area (Å²) in [6.07, 6.45) is -1.38. The van der Waals surface area contributed by atoms with Gasteiger partial charge in [0.25, 0.3) is 5.56 Å². The molecular weight excluding hydrogens is 349 g/mol. The maximum absolute atomic E-state index is 12.6. The van der Waals surface area contributed by atoms with E-state index in [9.17, 15) is 22.8 Å². The Bertz CT molecular complexity index is 896. The number of halogens is 3. The molecule has 9 heteroatoms. The van der Waals surface area contributed by atoms with E-state index in [1.54, 1.807) is 0 Å². The highest BCUT2D eigenvalue weighted by Gasteiger charge is 2.29. The van der Waals surface area contributed by atoms with Crippen molar-refractivity contribution in [2.24, 2.45) is 12.0 Å². The molecule has 6 nitrogen and oxygen atoms in total. The molecule has 140 valence electrons. The molecule has 0 aliphatic heterocycles. The lowest BCUT2D eigenvalue weighted by molar-refractivity contribution is -0.137. The number of benzene rings is 1. The van der Waals surface area contributed by atoms with Crippen LogP contribution in [0.1, 0.15) is 30.9 Å². The van der Waals surface area contributed by atoms with Crippen LogP contribution in [0, 0.1) is 0 Å². The summed E-state index contributed by atoms with van der Waals surface area (Å²) in [5, 5.41) is 2.96. The van der Waals surface area contributed by atoms with E-state index in [1.165, 1.54) is 25.4 Å². The first-order chi connectivity index (χ1) is 12.2. The van der Waals surface area contributed by atoms with Crippen LogP contribution in [0.25, 0.3) is 0 Å². The first-order valence-corrected chi connectivity index (χ1v) is 8.02. The Balaban J connectivity index is 2.35. The molecule has 2 aromatic rings. The minimum absolute atomic E-state index is 0.0110. The number of nitrogens with zero attached hydrogens (tertiary/aromatic N) is 2. The largest absolute Gasteiger partial charge is 0.416 e. The maximum atomic E-state index is 12.6. The van der Waals surface area contributed by atoms with Gasteiger partial charge in [0.1, 0.15) is 5.82 Å². The van der Waals surface area contributed by atoms with Crippen molar-refractivity contribution in [3.63, 3.8) is 0 Å². The van der Waals surface area contributed by atoms with Gasteiger partial charge in [0, 0.05) is 19.8 Å². The summed E-state index contributed by atoms with van der Waals surface area (Å²) in [4.78, 5) is 30.7. The number of rotatable bonds is 6. The first kappa shape index (κ1) is 19.5. The predicted octanol–water partition coefficient (Wildman–Crippen LogP) is 3.06. The molecule has 1 heterocycles. The zero-order valence-corrected chi connectivity index (χ0v) is 14.4. The van der Waals surface area contributed by atoms with Crippen LogP contribution in [-0.4, -0.2) is 22.3 Å². The zero-order valence-electron chi connectivity index (χ0n) is 14.4. The molecule has 0 unspecified atom stereocenters. The van der Waals surface area contributed by atoms with Gasteiger partial charge in [-0.3, -0.25) is 14.3 Å². The van der Waals surface area contributed by atoms with Crippen LogP contribution in [0.2, 0.25) is 0 Å². The Morgan fingerprint density at radius 1 is 1.23 bits per heavy atom. The van der Waals surface area contributed by atoms with Gasteiger partial charge in [0.15, 0.2) is 5.69 Å². The van der Waals surface area contributed by atoms with Crippen molar-refractivity contribution >= 4 is 17.7 Å². The highest BCUT2D eigenvalue weighted by molar-refractivity contribution is 5.83. The third-order valence-corrected chi connectivity index (χ3v) is 3.69. The van der Waals surface area contributed by atoms with E-state index >= 15 is 0 Å². The number of nitrogens with one attached hydrogen (secondary N) is 2. The van der Waals surface area contributed by atoms with Gasteiger partial charge in [0.2, 0.25) is 0 Å². The van der Waals surface area contributed by atoms with Crippen molar-refractivity contribution in [1.82, 2.24) is 9.55 Å². The summed E-state index contributed by atoms with van der Waals surface area (Å²) in [5.74, 6) is 0.190. The second kappa shape index (κ2) is 8.03. The number of aromatic amines is 1. The monoisotopic (exact) mass is 368 g/mol. The van der Waals surface area contributed by atoms with E-state index in [4.69, 9.17) is 0 Å². The highest BCUT2D eigenvalue weighted by atomic mass is 19.4. The molecule has 0 amide bonds. The molecule has 0 spiro atoms. The number of aliphatic imine (C=N–C) groups is 1. The fourth-order valence-electron chi connectivity index (χ4n) is 2.14. The molecule has 0 bridgehead atoms. The summed E-state index contributed by atoms with van der Waals surface area (Å²) in [6, 6.07) is 4.39. The average Bonchev–Trinajstić information content (AvgIpc) is 2.59. The molecule has 26 heavy (non-hydrogen) atoms. The van der Waals surface area contributed by atoms with Crippen LogP contribution in [0.3, 0.4) is 0 Å². The molecule has 1 aromatic heterocycles. The molecule has 0 aliphatic rings. The number of unbranched alkanes of at least 4 members (excludes halogenated alkanes) is 1. The van der Waals surface area contributed by atoms with Crippen LogP contribution in [0.4, 0.5) is 24.7 Å². The van der Waals surface area contributed by atoms with Gasteiger partial charge >= 0.3 is 11.9 Å². The fourth-order valence-corrected chi connectivity index (χ4v) is 2.14. The molecule has 1 aromatic carbocycles. The van der Waals surface area contributed by atoms with Crippen LogP contribution in [0.15, 0.2) is 38.8 Å². The zero-order chi connectivity index (χ0) is 19.3. The number of hydrogen-bond acceptors (Lipinski definition) is 4. The van der Waals surface area contributed by atoms with Crippen molar-refractivity contribution in [2.45, 2.75) is 25.9 Å². The second-order valence-corrected chi connectivity index (χ2v) is 5.68. The van der Waals surface area contributed by atoms with E-state index in [0.29, 0.717) is 12.1 Å². The Hall–Kier alpha value is -2.84. The van der Waals surface area contributed by atoms with E-state index in [-0.39, 0.29) is 11.5 Å². The number of anilines is 1. The molecule has 0 saturated heterocycles. The first-order valence-electron chi connectivity index (χ1n) is 8.02. The summed E-state index contributed by atoms with van der Waals surface area (Å²) in [5.41, 5.74) is -1.57. The molecule has 2 rings (SSSR count). The maximum Gasteiger partial charge on any atom is 0.416 e. The standard InChI is InChI=1S/C17H19F3N4O2/c1-3-4-9-21-14-13(15(25)24(2)16(26)23-14)22-10-11-5-7-12(8-6-11)17(18,19)20/h5-8,10,21H,3-4,9H2,1-2H3,(H,23,26). The van der Waals surface area contributed by atoms with E-state index in [0.717, 1.165) is 29.5 Å². The lowest BCUT2D eigenvalue weighted by Crippen LogP contribution is -2.33. The fraction of sp³-hybridized carbons (Fsp3) is 0.353. The quantitative estimate of drug-likeness (QED) is 0.608. The smallest absolute Gasteiger partial charge is 0.370 e. The average molecular weight is 368 g/mol. The summed E-state index contributed by atoms with van der Waals surface area (Å²) >= 11 is 0. The molecule has 0 radical (unpaired) electrons. The van der Waals surface area contributed by atoms with Crippen LogP contribution in [-0.2, 0) is 13.2 Å². The number of aromatic nitrogens is 2. The van der Waals surface area contributed by atoms with Crippen LogP contribution < -0.4 is 16.6 Å². The normalized spacial score (nSPS) is 11.9. The minimum atomic E-state index is -4.42. The molecular formula is C17H19F3N4O2. The molecule has 0 fully saturated rings. The number of hydrogen-bond donors (Lipinski definition) is 2. The van der Waals surface area contributed by atoms with Gasteiger partial charge in [-0.2, -0.15) is 13.2 Å². The number of H-pyrrole nitrogens is 1. The van der Waals surface area contributed by atoms with Gasteiger partial charge in [0.05, 0.1) is 5.56 Å². The van der Waals surface area contributed by atoms with E-state index in [2.05, 4.69) is 15.3 Å². The molecule has 0 atom stereocenters. The molecule has 2 N–H and O–H groups in total. The van der Waals surface area contributed by atoms with Gasteiger partial charge in [-0.25, -0.2) is 9.79 Å². The van der Waals surface area contributed by atoms with Gasteiger partial charge in [-0.1, -0.05) is 25.5 Å². The van der Waals surface area contributed by atoms with Gasteiger partial charge in [-0.15, -0.1) is 0 Å². The van der Waals surface area contributed by atoms with Crippen molar-refractivity contribution in [2.75, 3.05) is 11.9 Å². The molecule has 0 saturated carbocycles. The minimum Gasteiger partial charge on any atom is -0.370 e. The third kappa shape index (κ3) is 4.62. The van der Waals surface area contributed by atoms with E-state index in [1.807, 2.05) is 6.92 Å². The summed E-state index contributed by atoms with van der Waals surface area (Å²) in [7, 11) is 1.31. The molecule has 0 aliphatic carbocycles. The van der Waals surface area contributed by atoms with Gasteiger partial charge in [-0.05, 0) is 24.1 Å². The lowest BCUT2D eigenvalue weighted by Gasteiger charge is -2.09. The Morgan fingerprint density at radius 2 is 1.88 bits per heavy atom. The predicted molar refractivity (Wildman–Crippen MR) is 94.4 cm³/mol. The van der Waals surface area contributed by atoms with Gasteiger partial charge < -0.3 is 5.32 Å². The third-order valence-electron chi connectivity index (χ3n) is 3.69. The Labute approximate surface area is 147 Å². The lowest BCUT2D eigenvalue weighted by atomic mass is 10.1. The topological polar surface area (TPSA) is 79.2 Å². The van der Waals surface area contributed by atoms with E-state index < -0.39 is 23.0 Å². The van der Waals surface area contributed by atoms with Crippen molar-refractivity contribution < 1.29 is 13.2 Å². The Kier molecular flexibility index (Phi) is 6.01. The summed E-state index contributed by atoms with van der Waals surface area (Å²) < 4.78 is 38.6.